The highest BCUT2D eigenvalue weighted by Crippen LogP contribution is 2.28. The molecular weight excluding hydrogens is 290 g/mol. The first-order valence-electron chi connectivity index (χ1n) is 7.15. The second-order valence-electron chi connectivity index (χ2n) is 5.30. The van der Waals surface area contributed by atoms with Crippen molar-refractivity contribution >= 4 is 15.8 Å². The predicted octanol–water partition coefficient (Wildman–Crippen LogP) is 1.28. The van der Waals surface area contributed by atoms with Gasteiger partial charge in [0.2, 0.25) is 10.0 Å². The first kappa shape index (κ1) is 16.2. The van der Waals surface area contributed by atoms with Crippen molar-refractivity contribution in [3.05, 3.63) is 23.9 Å². The molecule has 2 heterocycles. The van der Waals surface area contributed by atoms with Crippen LogP contribution in [0, 0.1) is 0 Å². The molecule has 118 valence electrons. The number of rotatable bonds is 6. The van der Waals surface area contributed by atoms with Crippen LogP contribution in [-0.4, -0.2) is 57.3 Å². The molecule has 0 unspecified atom stereocenters. The molecule has 0 amide bonds. The van der Waals surface area contributed by atoms with E-state index < -0.39 is 10.0 Å². The number of ether oxygens (including phenoxy) is 1. The van der Waals surface area contributed by atoms with Gasteiger partial charge in [-0.2, -0.15) is 0 Å². The minimum atomic E-state index is -3.07. The Kier molecular flexibility index (Phi) is 5.55. The van der Waals surface area contributed by atoms with Gasteiger partial charge < -0.3 is 10.1 Å². The molecule has 1 aliphatic rings. The minimum absolute atomic E-state index is 0.326. The lowest BCUT2D eigenvalue weighted by molar-refractivity contribution is 0.210. The standard InChI is InChI=1S/C14H23N3O3S/c1-20-11-8-15-14-5-3-4-13(16-14)12-6-9-17(10-7-12)21(2,18)19/h3-5,12H,6-11H2,1-2H3,(H,15,16). The molecule has 1 saturated heterocycles. The van der Waals surface area contributed by atoms with E-state index in [4.69, 9.17) is 4.74 Å². The van der Waals surface area contributed by atoms with Gasteiger partial charge >= 0.3 is 0 Å². The average Bonchev–Trinajstić information content (AvgIpc) is 2.47. The van der Waals surface area contributed by atoms with Gasteiger partial charge in [-0.15, -0.1) is 0 Å². The number of nitrogens with one attached hydrogen (secondary N) is 1. The maximum absolute atomic E-state index is 11.5. The van der Waals surface area contributed by atoms with E-state index in [1.165, 1.54) is 6.26 Å². The molecule has 6 nitrogen and oxygen atoms in total. The lowest BCUT2D eigenvalue weighted by Crippen LogP contribution is -2.37. The summed E-state index contributed by atoms with van der Waals surface area (Å²) in [6.45, 7) is 2.51. The number of methoxy groups -OCH3 is 1. The summed E-state index contributed by atoms with van der Waals surface area (Å²) in [4.78, 5) is 4.62. The molecule has 0 atom stereocenters. The van der Waals surface area contributed by atoms with Crippen molar-refractivity contribution in [2.45, 2.75) is 18.8 Å². The fraction of sp³-hybridized carbons (Fsp3) is 0.643. The van der Waals surface area contributed by atoms with Crippen molar-refractivity contribution in [2.24, 2.45) is 0 Å². The van der Waals surface area contributed by atoms with E-state index in [0.29, 0.717) is 25.6 Å². The van der Waals surface area contributed by atoms with E-state index in [1.54, 1.807) is 11.4 Å². The van der Waals surface area contributed by atoms with Gasteiger partial charge in [-0.3, -0.25) is 0 Å². The molecule has 21 heavy (non-hydrogen) atoms. The lowest BCUT2D eigenvalue weighted by atomic mass is 9.94. The highest BCUT2D eigenvalue weighted by atomic mass is 32.2. The Morgan fingerprint density at radius 3 is 2.71 bits per heavy atom. The first-order valence-corrected chi connectivity index (χ1v) is 9.00. The largest absolute Gasteiger partial charge is 0.383 e. The Morgan fingerprint density at radius 2 is 2.10 bits per heavy atom. The normalized spacial score (nSPS) is 17.8. The summed E-state index contributed by atoms with van der Waals surface area (Å²) in [6.07, 6.45) is 2.91. The fourth-order valence-corrected chi connectivity index (χ4v) is 3.42. The third-order valence-corrected chi connectivity index (χ3v) is 5.03. The van der Waals surface area contributed by atoms with Crippen molar-refractivity contribution in [3.63, 3.8) is 0 Å². The van der Waals surface area contributed by atoms with Gasteiger partial charge in [0.25, 0.3) is 0 Å². The van der Waals surface area contributed by atoms with Crippen LogP contribution in [0.15, 0.2) is 18.2 Å². The van der Waals surface area contributed by atoms with Gasteiger partial charge in [0.1, 0.15) is 5.82 Å². The maximum atomic E-state index is 11.5. The third-order valence-electron chi connectivity index (χ3n) is 3.72. The molecule has 0 bridgehead atoms. The predicted molar refractivity (Wildman–Crippen MR) is 83.0 cm³/mol. The van der Waals surface area contributed by atoms with E-state index in [-0.39, 0.29) is 0 Å². The summed E-state index contributed by atoms with van der Waals surface area (Å²) in [7, 11) is -1.40. The van der Waals surface area contributed by atoms with E-state index in [2.05, 4.69) is 10.3 Å². The van der Waals surface area contributed by atoms with Crippen LogP contribution in [-0.2, 0) is 14.8 Å². The number of anilines is 1. The topological polar surface area (TPSA) is 71.5 Å². The summed E-state index contributed by atoms with van der Waals surface area (Å²) in [5, 5.41) is 3.22. The molecule has 2 rings (SSSR count). The van der Waals surface area contributed by atoms with E-state index in [1.807, 2.05) is 18.2 Å². The first-order chi connectivity index (χ1) is 10.0. The Hall–Kier alpha value is -1.18. The van der Waals surface area contributed by atoms with Crippen LogP contribution in [0.1, 0.15) is 24.5 Å². The van der Waals surface area contributed by atoms with Crippen molar-refractivity contribution in [1.29, 1.82) is 0 Å². The Labute approximate surface area is 126 Å². The van der Waals surface area contributed by atoms with Gasteiger partial charge in [-0.05, 0) is 25.0 Å². The number of nitrogens with zero attached hydrogens (tertiary/aromatic N) is 2. The van der Waals surface area contributed by atoms with Crippen LogP contribution in [0.5, 0.6) is 0 Å². The van der Waals surface area contributed by atoms with Gasteiger partial charge in [-0.1, -0.05) is 6.07 Å². The maximum Gasteiger partial charge on any atom is 0.211 e. The second kappa shape index (κ2) is 7.20. The van der Waals surface area contributed by atoms with Crippen LogP contribution in [0.2, 0.25) is 0 Å². The van der Waals surface area contributed by atoms with E-state index >= 15 is 0 Å². The van der Waals surface area contributed by atoms with Crippen molar-refractivity contribution < 1.29 is 13.2 Å². The van der Waals surface area contributed by atoms with Crippen LogP contribution in [0.3, 0.4) is 0 Å². The molecule has 1 aliphatic heterocycles. The number of hydrogen-bond acceptors (Lipinski definition) is 5. The summed E-state index contributed by atoms with van der Waals surface area (Å²) in [6, 6.07) is 5.94. The summed E-state index contributed by atoms with van der Waals surface area (Å²) >= 11 is 0. The monoisotopic (exact) mass is 313 g/mol. The number of aromatic nitrogens is 1. The third kappa shape index (κ3) is 4.66. The highest BCUT2D eigenvalue weighted by molar-refractivity contribution is 7.88. The molecule has 0 radical (unpaired) electrons. The zero-order valence-electron chi connectivity index (χ0n) is 12.6. The SMILES string of the molecule is COCCNc1cccc(C2CCN(S(C)(=O)=O)CC2)n1. The van der Waals surface area contributed by atoms with Crippen LogP contribution in [0.4, 0.5) is 5.82 Å². The van der Waals surface area contributed by atoms with Crippen molar-refractivity contribution in [3.8, 4) is 0 Å². The molecule has 1 aromatic rings. The number of piperidine rings is 1. The van der Waals surface area contributed by atoms with Gasteiger partial charge in [0.15, 0.2) is 0 Å². The molecule has 1 aromatic heterocycles. The van der Waals surface area contributed by atoms with E-state index in [9.17, 15) is 8.42 Å². The van der Waals surface area contributed by atoms with Gasteiger partial charge in [0.05, 0.1) is 12.9 Å². The zero-order valence-corrected chi connectivity index (χ0v) is 13.4. The number of sulfonamides is 1. The average molecular weight is 313 g/mol. The summed E-state index contributed by atoms with van der Waals surface area (Å²) < 4.78 is 29.6. The summed E-state index contributed by atoms with van der Waals surface area (Å²) in [5.41, 5.74) is 1.03. The molecule has 0 saturated carbocycles. The van der Waals surface area contributed by atoms with Crippen LogP contribution in [0.25, 0.3) is 0 Å². The highest BCUT2D eigenvalue weighted by Gasteiger charge is 2.26. The molecule has 1 fully saturated rings. The lowest BCUT2D eigenvalue weighted by Gasteiger charge is -2.30. The van der Waals surface area contributed by atoms with Crippen molar-refractivity contribution in [2.75, 3.05) is 44.9 Å². The molecular formula is C14H23N3O3S. The molecule has 1 N–H and O–H groups in total. The van der Waals surface area contributed by atoms with E-state index in [0.717, 1.165) is 30.9 Å². The molecule has 0 aromatic carbocycles. The molecule has 0 aliphatic carbocycles. The fourth-order valence-electron chi connectivity index (χ4n) is 2.54. The van der Waals surface area contributed by atoms with Crippen LogP contribution < -0.4 is 5.32 Å². The smallest absolute Gasteiger partial charge is 0.211 e. The van der Waals surface area contributed by atoms with Crippen LogP contribution >= 0.6 is 0 Å². The molecule has 0 spiro atoms. The summed E-state index contributed by atoms with van der Waals surface area (Å²) in [5.74, 6) is 1.17. The Balaban J connectivity index is 1.95. The Morgan fingerprint density at radius 1 is 1.38 bits per heavy atom. The zero-order chi connectivity index (χ0) is 15.3. The van der Waals surface area contributed by atoms with Crippen molar-refractivity contribution in [1.82, 2.24) is 9.29 Å². The number of hydrogen-bond donors (Lipinski definition) is 1. The van der Waals surface area contributed by atoms with Gasteiger partial charge in [0, 0.05) is 38.4 Å². The quantitative estimate of drug-likeness (QED) is 0.801. The van der Waals surface area contributed by atoms with Gasteiger partial charge in [-0.25, -0.2) is 17.7 Å². The molecule has 7 heteroatoms. The Bertz CT molecular complexity index is 554. The number of pyridine rings is 1. The minimum Gasteiger partial charge on any atom is -0.383 e. The second-order valence-corrected chi connectivity index (χ2v) is 7.29.